The van der Waals surface area contributed by atoms with Gasteiger partial charge in [-0.15, -0.1) is 0 Å². The zero-order chi connectivity index (χ0) is 17.2. The number of para-hydroxylation sites is 2. The molecule has 25 heavy (non-hydrogen) atoms. The number of likely N-dealkylation sites (tertiary alicyclic amines) is 1. The van der Waals surface area contributed by atoms with Crippen LogP contribution >= 0.6 is 0 Å². The van der Waals surface area contributed by atoms with Crippen molar-refractivity contribution in [3.8, 4) is 11.5 Å². The van der Waals surface area contributed by atoms with Crippen LogP contribution in [-0.2, 0) is 11.2 Å². The minimum Gasteiger partial charge on any atom is -0.436 e. The van der Waals surface area contributed by atoms with Crippen molar-refractivity contribution in [2.45, 2.75) is 38.6 Å². The van der Waals surface area contributed by atoms with Gasteiger partial charge in [-0.2, -0.15) is 0 Å². The van der Waals surface area contributed by atoms with Crippen molar-refractivity contribution in [3.05, 3.63) is 54.1 Å². The summed E-state index contributed by atoms with van der Waals surface area (Å²) in [4.78, 5) is 19.1. The highest BCUT2D eigenvalue weighted by molar-refractivity contribution is 5.79. The van der Waals surface area contributed by atoms with E-state index in [-0.39, 0.29) is 5.91 Å². The average molecular weight is 334 g/mol. The number of hydrogen-bond acceptors (Lipinski definition) is 3. The summed E-state index contributed by atoms with van der Waals surface area (Å²) in [6.45, 7) is 3.04. The van der Waals surface area contributed by atoms with Crippen molar-refractivity contribution >= 4 is 17.0 Å². The topological polar surface area (TPSA) is 46.3 Å². The normalized spacial score (nSPS) is 17.8. The number of aromatic nitrogens is 1. The second kappa shape index (κ2) is 6.71. The Bertz CT molecular complexity index is 849. The highest BCUT2D eigenvalue weighted by Crippen LogP contribution is 2.25. The molecule has 0 radical (unpaired) electrons. The van der Waals surface area contributed by atoms with Crippen molar-refractivity contribution in [2.24, 2.45) is 0 Å². The van der Waals surface area contributed by atoms with Gasteiger partial charge in [-0.3, -0.25) is 4.79 Å². The van der Waals surface area contributed by atoms with Gasteiger partial charge in [0.25, 0.3) is 0 Å². The van der Waals surface area contributed by atoms with Gasteiger partial charge in [0.2, 0.25) is 11.8 Å². The van der Waals surface area contributed by atoms with E-state index < -0.39 is 0 Å². The summed E-state index contributed by atoms with van der Waals surface area (Å²) >= 11 is 0. The van der Waals surface area contributed by atoms with E-state index >= 15 is 0 Å². The first-order valence-corrected chi connectivity index (χ1v) is 8.95. The zero-order valence-corrected chi connectivity index (χ0v) is 14.4. The van der Waals surface area contributed by atoms with Gasteiger partial charge in [0.05, 0.1) is 6.42 Å². The lowest BCUT2D eigenvalue weighted by Gasteiger charge is -2.33. The van der Waals surface area contributed by atoms with E-state index in [1.54, 1.807) is 0 Å². The Labute approximate surface area is 147 Å². The lowest BCUT2D eigenvalue weighted by atomic mass is 10.0. The summed E-state index contributed by atoms with van der Waals surface area (Å²) in [6, 6.07) is 16.1. The molecule has 1 amide bonds. The zero-order valence-electron chi connectivity index (χ0n) is 14.4. The molecule has 1 fully saturated rings. The van der Waals surface area contributed by atoms with E-state index in [9.17, 15) is 4.79 Å². The molecule has 0 bridgehead atoms. The Morgan fingerprint density at radius 3 is 2.72 bits per heavy atom. The number of amides is 1. The predicted octanol–water partition coefficient (Wildman–Crippen LogP) is 4.44. The standard InChI is InChI=1S/C21H22N2O2/c1-15-6-4-5-13-23(15)20(24)14-16-9-11-17(12-10-16)21-22-18-7-2-3-8-19(18)25-21/h2-3,7-12,15H,4-6,13-14H2,1H3. The quantitative estimate of drug-likeness (QED) is 0.711. The summed E-state index contributed by atoms with van der Waals surface area (Å²) in [6.07, 6.45) is 3.91. The Morgan fingerprint density at radius 2 is 1.96 bits per heavy atom. The lowest BCUT2D eigenvalue weighted by molar-refractivity contribution is -0.133. The van der Waals surface area contributed by atoms with Crippen LogP contribution in [0.3, 0.4) is 0 Å². The number of benzene rings is 2. The Hall–Kier alpha value is -2.62. The Morgan fingerprint density at radius 1 is 1.16 bits per heavy atom. The van der Waals surface area contributed by atoms with E-state index in [1.807, 2.05) is 53.4 Å². The van der Waals surface area contributed by atoms with Crippen LogP contribution < -0.4 is 0 Å². The van der Waals surface area contributed by atoms with Crippen LogP contribution in [0.1, 0.15) is 31.7 Å². The number of rotatable bonds is 3. The average Bonchev–Trinajstić information content (AvgIpc) is 3.07. The molecule has 1 atom stereocenters. The molecule has 1 aromatic heterocycles. The summed E-state index contributed by atoms with van der Waals surface area (Å²) in [5.41, 5.74) is 3.60. The molecule has 4 nitrogen and oxygen atoms in total. The third kappa shape index (κ3) is 3.29. The molecule has 4 heteroatoms. The van der Waals surface area contributed by atoms with Gasteiger partial charge >= 0.3 is 0 Å². The van der Waals surface area contributed by atoms with Crippen LogP contribution in [0.4, 0.5) is 0 Å². The first-order chi connectivity index (χ1) is 12.2. The fourth-order valence-corrected chi connectivity index (χ4v) is 3.51. The molecule has 0 spiro atoms. The maximum atomic E-state index is 12.5. The molecule has 0 N–H and O–H groups in total. The highest BCUT2D eigenvalue weighted by Gasteiger charge is 2.23. The molecule has 2 aromatic carbocycles. The van der Waals surface area contributed by atoms with Gasteiger partial charge in [0, 0.05) is 18.2 Å². The van der Waals surface area contributed by atoms with E-state index in [4.69, 9.17) is 4.42 Å². The number of carbonyl (C=O) groups is 1. The summed E-state index contributed by atoms with van der Waals surface area (Å²) in [5, 5.41) is 0. The van der Waals surface area contributed by atoms with Crippen molar-refractivity contribution in [1.29, 1.82) is 0 Å². The predicted molar refractivity (Wildman–Crippen MR) is 98.2 cm³/mol. The largest absolute Gasteiger partial charge is 0.436 e. The van der Waals surface area contributed by atoms with Gasteiger partial charge in [-0.25, -0.2) is 4.98 Å². The number of oxazole rings is 1. The molecule has 0 saturated carbocycles. The number of nitrogens with zero attached hydrogens (tertiary/aromatic N) is 2. The molecule has 1 unspecified atom stereocenters. The van der Waals surface area contributed by atoms with Crippen molar-refractivity contribution in [3.63, 3.8) is 0 Å². The minimum atomic E-state index is 0.224. The van der Waals surface area contributed by atoms with E-state index in [0.29, 0.717) is 18.4 Å². The number of hydrogen-bond donors (Lipinski definition) is 0. The van der Waals surface area contributed by atoms with Gasteiger partial charge in [0.15, 0.2) is 5.58 Å². The first-order valence-electron chi connectivity index (χ1n) is 8.95. The number of fused-ring (bicyclic) bond motifs is 1. The van der Waals surface area contributed by atoms with Crippen molar-refractivity contribution < 1.29 is 9.21 Å². The lowest BCUT2D eigenvalue weighted by Crippen LogP contribution is -2.42. The third-order valence-corrected chi connectivity index (χ3v) is 4.97. The fourth-order valence-electron chi connectivity index (χ4n) is 3.51. The maximum Gasteiger partial charge on any atom is 0.227 e. The molecule has 3 aromatic rings. The van der Waals surface area contributed by atoms with E-state index in [2.05, 4.69) is 11.9 Å². The van der Waals surface area contributed by atoms with Crippen LogP contribution in [0.15, 0.2) is 52.9 Å². The monoisotopic (exact) mass is 334 g/mol. The van der Waals surface area contributed by atoms with Crippen LogP contribution in [0.2, 0.25) is 0 Å². The van der Waals surface area contributed by atoms with Gasteiger partial charge in [-0.1, -0.05) is 24.3 Å². The number of piperidine rings is 1. The second-order valence-corrected chi connectivity index (χ2v) is 6.79. The second-order valence-electron chi connectivity index (χ2n) is 6.79. The SMILES string of the molecule is CC1CCCCN1C(=O)Cc1ccc(-c2nc3ccccc3o2)cc1. The molecular weight excluding hydrogens is 312 g/mol. The van der Waals surface area contributed by atoms with Crippen molar-refractivity contribution in [2.75, 3.05) is 6.54 Å². The van der Waals surface area contributed by atoms with E-state index in [0.717, 1.165) is 41.6 Å². The Balaban J connectivity index is 1.49. The summed E-state index contributed by atoms with van der Waals surface area (Å²) in [5.74, 6) is 0.838. The van der Waals surface area contributed by atoms with Crippen LogP contribution in [-0.4, -0.2) is 28.4 Å². The minimum absolute atomic E-state index is 0.224. The molecule has 4 rings (SSSR count). The summed E-state index contributed by atoms with van der Waals surface area (Å²) < 4.78 is 5.80. The molecular formula is C21H22N2O2. The molecule has 1 aliphatic rings. The third-order valence-electron chi connectivity index (χ3n) is 4.97. The van der Waals surface area contributed by atoms with Crippen LogP contribution in [0, 0.1) is 0 Å². The molecule has 128 valence electrons. The molecule has 1 aliphatic heterocycles. The van der Waals surface area contributed by atoms with Crippen LogP contribution in [0.25, 0.3) is 22.6 Å². The number of carbonyl (C=O) groups excluding carboxylic acids is 1. The van der Waals surface area contributed by atoms with Crippen LogP contribution in [0.5, 0.6) is 0 Å². The fraction of sp³-hybridized carbons (Fsp3) is 0.333. The molecule has 0 aliphatic carbocycles. The smallest absolute Gasteiger partial charge is 0.227 e. The van der Waals surface area contributed by atoms with Gasteiger partial charge in [0.1, 0.15) is 5.52 Å². The highest BCUT2D eigenvalue weighted by atomic mass is 16.3. The van der Waals surface area contributed by atoms with Crippen molar-refractivity contribution in [1.82, 2.24) is 9.88 Å². The maximum absolute atomic E-state index is 12.5. The molecule has 2 heterocycles. The molecule has 1 saturated heterocycles. The summed E-state index contributed by atoms with van der Waals surface area (Å²) in [7, 11) is 0. The first kappa shape index (κ1) is 15.9. The van der Waals surface area contributed by atoms with Gasteiger partial charge < -0.3 is 9.32 Å². The van der Waals surface area contributed by atoms with E-state index in [1.165, 1.54) is 6.42 Å². The Kier molecular flexibility index (Phi) is 4.26. The van der Waals surface area contributed by atoms with Gasteiger partial charge in [-0.05, 0) is 56.0 Å².